The first-order chi connectivity index (χ1) is 7.42. The van der Waals surface area contributed by atoms with Crippen molar-refractivity contribution in [2.24, 2.45) is 0 Å². The molecular formula is C11H11ClF2O2. The van der Waals surface area contributed by atoms with E-state index in [0.29, 0.717) is 11.3 Å². The molecule has 0 bridgehead atoms. The molecule has 88 valence electrons. The zero-order valence-electron chi connectivity index (χ0n) is 8.67. The summed E-state index contributed by atoms with van der Waals surface area (Å²) < 4.78 is 29.5. The van der Waals surface area contributed by atoms with Crippen molar-refractivity contribution in [3.05, 3.63) is 29.8 Å². The zero-order chi connectivity index (χ0) is 12.2. The second kappa shape index (κ2) is 5.25. The van der Waals surface area contributed by atoms with Gasteiger partial charge in [-0.25, -0.2) is 0 Å². The summed E-state index contributed by atoms with van der Waals surface area (Å²) in [5.74, 6) is 0.252. The SMILES string of the molecule is COc1ccc(C(=O)CCC(F)(F)Cl)cc1. The van der Waals surface area contributed by atoms with Gasteiger partial charge in [0.15, 0.2) is 5.78 Å². The number of Topliss-reactive ketones (excluding diaryl/α,β-unsaturated/α-hetero) is 1. The van der Waals surface area contributed by atoms with Crippen molar-refractivity contribution in [3.63, 3.8) is 0 Å². The third-order valence-corrected chi connectivity index (χ3v) is 2.24. The molecule has 0 N–H and O–H groups in total. The van der Waals surface area contributed by atoms with Crippen molar-refractivity contribution < 1.29 is 18.3 Å². The number of halogens is 3. The fourth-order valence-electron chi connectivity index (χ4n) is 1.18. The van der Waals surface area contributed by atoms with Gasteiger partial charge in [-0.3, -0.25) is 4.79 Å². The quantitative estimate of drug-likeness (QED) is 0.589. The van der Waals surface area contributed by atoms with Gasteiger partial charge >= 0.3 is 5.38 Å². The number of alkyl halides is 3. The number of hydrogen-bond acceptors (Lipinski definition) is 2. The Hall–Kier alpha value is -1.16. The summed E-state index contributed by atoms with van der Waals surface area (Å²) >= 11 is 4.71. The topological polar surface area (TPSA) is 26.3 Å². The van der Waals surface area contributed by atoms with Gasteiger partial charge in [-0.05, 0) is 35.9 Å². The first kappa shape index (κ1) is 12.9. The minimum atomic E-state index is -3.32. The second-order valence-electron chi connectivity index (χ2n) is 3.27. The van der Waals surface area contributed by atoms with E-state index in [4.69, 9.17) is 16.3 Å². The Kier molecular flexibility index (Phi) is 4.24. The number of benzene rings is 1. The van der Waals surface area contributed by atoms with Crippen molar-refractivity contribution in [1.29, 1.82) is 0 Å². The van der Waals surface area contributed by atoms with Gasteiger partial charge in [0.2, 0.25) is 0 Å². The standard InChI is InChI=1S/C11H11ClF2O2/c1-16-9-4-2-8(3-5-9)10(15)6-7-11(12,13)14/h2-5H,6-7H2,1H3. The maximum atomic E-state index is 12.3. The van der Waals surface area contributed by atoms with Crippen molar-refractivity contribution >= 4 is 17.4 Å². The van der Waals surface area contributed by atoms with Crippen molar-refractivity contribution in [1.82, 2.24) is 0 Å². The normalized spacial score (nSPS) is 11.2. The lowest BCUT2D eigenvalue weighted by atomic mass is 10.1. The molecular weight excluding hydrogens is 238 g/mol. The molecule has 0 radical (unpaired) electrons. The van der Waals surface area contributed by atoms with Crippen LogP contribution in [0, 0.1) is 0 Å². The third kappa shape index (κ3) is 4.14. The monoisotopic (exact) mass is 248 g/mol. The number of methoxy groups -OCH3 is 1. The summed E-state index contributed by atoms with van der Waals surface area (Å²) in [4.78, 5) is 11.5. The molecule has 16 heavy (non-hydrogen) atoms. The molecule has 0 spiro atoms. The summed E-state index contributed by atoms with van der Waals surface area (Å²) in [6.45, 7) is 0. The van der Waals surface area contributed by atoms with Crippen LogP contribution in [-0.4, -0.2) is 18.3 Å². The van der Waals surface area contributed by atoms with Gasteiger partial charge in [-0.1, -0.05) is 0 Å². The van der Waals surface area contributed by atoms with E-state index < -0.39 is 11.8 Å². The predicted octanol–water partition coefficient (Wildman–Crippen LogP) is 3.49. The van der Waals surface area contributed by atoms with Gasteiger partial charge in [0.25, 0.3) is 0 Å². The Balaban J connectivity index is 2.59. The van der Waals surface area contributed by atoms with Gasteiger partial charge in [0, 0.05) is 18.4 Å². The van der Waals surface area contributed by atoms with E-state index in [0.717, 1.165) is 0 Å². The second-order valence-corrected chi connectivity index (χ2v) is 3.82. The van der Waals surface area contributed by atoms with E-state index in [1.807, 2.05) is 0 Å². The van der Waals surface area contributed by atoms with Crippen LogP contribution in [0.2, 0.25) is 0 Å². The summed E-state index contributed by atoms with van der Waals surface area (Å²) in [6, 6.07) is 6.28. The highest BCUT2D eigenvalue weighted by molar-refractivity contribution is 6.21. The maximum Gasteiger partial charge on any atom is 0.322 e. The van der Waals surface area contributed by atoms with Crippen LogP contribution in [0.25, 0.3) is 0 Å². The number of carbonyl (C=O) groups is 1. The highest BCUT2D eigenvalue weighted by atomic mass is 35.5. The highest BCUT2D eigenvalue weighted by Crippen LogP contribution is 2.25. The minimum absolute atomic E-state index is 0.275. The molecule has 0 aromatic heterocycles. The van der Waals surface area contributed by atoms with Crippen LogP contribution >= 0.6 is 11.6 Å². The zero-order valence-corrected chi connectivity index (χ0v) is 9.43. The number of rotatable bonds is 5. The van der Waals surface area contributed by atoms with E-state index >= 15 is 0 Å². The lowest BCUT2D eigenvalue weighted by Gasteiger charge is -2.07. The van der Waals surface area contributed by atoms with Gasteiger partial charge < -0.3 is 4.74 Å². The molecule has 5 heteroatoms. The average molecular weight is 249 g/mol. The van der Waals surface area contributed by atoms with E-state index in [-0.39, 0.29) is 12.2 Å². The van der Waals surface area contributed by atoms with Crippen molar-refractivity contribution in [2.45, 2.75) is 18.2 Å². The van der Waals surface area contributed by atoms with Crippen LogP contribution in [0.3, 0.4) is 0 Å². The molecule has 0 saturated heterocycles. The largest absolute Gasteiger partial charge is 0.497 e. The molecule has 0 unspecified atom stereocenters. The van der Waals surface area contributed by atoms with Gasteiger partial charge in [-0.15, -0.1) is 0 Å². The minimum Gasteiger partial charge on any atom is -0.497 e. The highest BCUT2D eigenvalue weighted by Gasteiger charge is 2.25. The van der Waals surface area contributed by atoms with Crippen LogP contribution in [-0.2, 0) is 0 Å². The molecule has 0 fully saturated rings. The third-order valence-electron chi connectivity index (χ3n) is 2.05. The number of ketones is 1. The molecule has 1 aromatic rings. The Morgan fingerprint density at radius 1 is 1.38 bits per heavy atom. The van der Waals surface area contributed by atoms with E-state index in [2.05, 4.69) is 0 Å². The Morgan fingerprint density at radius 3 is 2.38 bits per heavy atom. The number of ether oxygens (including phenoxy) is 1. The van der Waals surface area contributed by atoms with Crippen molar-refractivity contribution in [3.8, 4) is 5.75 Å². The van der Waals surface area contributed by atoms with Crippen LogP contribution in [0.5, 0.6) is 5.75 Å². The molecule has 0 atom stereocenters. The lowest BCUT2D eigenvalue weighted by Crippen LogP contribution is -2.09. The fourth-order valence-corrected chi connectivity index (χ4v) is 1.27. The molecule has 0 aliphatic heterocycles. The molecule has 1 aromatic carbocycles. The Labute approximate surface area is 97.2 Å². The smallest absolute Gasteiger partial charge is 0.322 e. The van der Waals surface area contributed by atoms with Gasteiger partial charge in [0.1, 0.15) is 5.75 Å². The number of hydrogen-bond donors (Lipinski definition) is 0. The molecule has 0 amide bonds. The lowest BCUT2D eigenvalue weighted by molar-refractivity contribution is 0.0735. The number of carbonyl (C=O) groups excluding carboxylic acids is 1. The fraction of sp³-hybridized carbons (Fsp3) is 0.364. The summed E-state index contributed by atoms with van der Waals surface area (Å²) in [6.07, 6.45) is -0.928. The van der Waals surface area contributed by atoms with Crippen molar-refractivity contribution in [2.75, 3.05) is 7.11 Å². The average Bonchev–Trinajstić information content (AvgIpc) is 2.25. The molecule has 0 aliphatic carbocycles. The summed E-state index contributed by atoms with van der Waals surface area (Å²) in [5.41, 5.74) is 0.377. The first-order valence-corrected chi connectivity index (χ1v) is 5.04. The van der Waals surface area contributed by atoms with Crippen LogP contribution in [0.15, 0.2) is 24.3 Å². The molecule has 0 heterocycles. The van der Waals surface area contributed by atoms with Crippen LogP contribution in [0.1, 0.15) is 23.2 Å². The summed E-state index contributed by atoms with van der Waals surface area (Å²) in [7, 11) is 1.50. The van der Waals surface area contributed by atoms with E-state index in [1.165, 1.54) is 19.2 Å². The maximum absolute atomic E-state index is 12.3. The molecule has 1 rings (SSSR count). The predicted molar refractivity (Wildman–Crippen MR) is 57.4 cm³/mol. The first-order valence-electron chi connectivity index (χ1n) is 4.66. The Morgan fingerprint density at radius 2 is 1.94 bits per heavy atom. The molecule has 0 saturated carbocycles. The van der Waals surface area contributed by atoms with Crippen LogP contribution in [0.4, 0.5) is 8.78 Å². The van der Waals surface area contributed by atoms with Crippen LogP contribution < -0.4 is 4.74 Å². The summed E-state index contributed by atoms with van der Waals surface area (Å²) in [5, 5.41) is -3.32. The molecule has 2 nitrogen and oxygen atoms in total. The van der Waals surface area contributed by atoms with E-state index in [1.54, 1.807) is 12.1 Å². The van der Waals surface area contributed by atoms with E-state index in [9.17, 15) is 13.6 Å². The Bertz CT molecular complexity index is 357. The van der Waals surface area contributed by atoms with Gasteiger partial charge in [-0.2, -0.15) is 8.78 Å². The molecule has 0 aliphatic rings. The van der Waals surface area contributed by atoms with Gasteiger partial charge in [0.05, 0.1) is 7.11 Å².